The van der Waals surface area contributed by atoms with Crippen molar-refractivity contribution in [3.8, 4) is 23.0 Å². The number of benzene rings is 2. The summed E-state index contributed by atoms with van der Waals surface area (Å²) in [6.45, 7) is 14.2. The predicted molar refractivity (Wildman–Crippen MR) is 254 cm³/mol. The third-order valence-corrected chi connectivity index (χ3v) is 11.9. The van der Waals surface area contributed by atoms with Crippen molar-refractivity contribution in [2.45, 2.75) is 137 Å². The second kappa shape index (κ2) is 27.5. The number of hydrogen-bond donors (Lipinski definition) is 5. The molecule has 0 radical (unpaired) electrons. The van der Waals surface area contributed by atoms with Crippen LogP contribution >= 0.6 is 11.6 Å². The van der Waals surface area contributed by atoms with Crippen LogP contribution < -0.4 is 20.7 Å². The van der Waals surface area contributed by atoms with Crippen molar-refractivity contribution in [1.82, 2.24) is 20.4 Å². The number of aryl methyl sites for hydroxylation is 1. The van der Waals surface area contributed by atoms with Crippen LogP contribution in [0.1, 0.15) is 135 Å². The quantitative estimate of drug-likeness (QED) is 0.0453. The first-order valence-electron chi connectivity index (χ1n) is 22.6. The van der Waals surface area contributed by atoms with Crippen molar-refractivity contribution in [1.29, 1.82) is 0 Å². The topological polar surface area (TPSA) is 228 Å². The van der Waals surface area contributed by atoms with Gasteiger partial charge in [-0.2, -0.15) is 0 Å². The molecule has 2 saturated carbocycles. The Morgan fingerprint density at radius 2 is 1.25 bits per heavy atom. The Balaban J connectivity index is 0.000000269. The van der Waals surface area contributed by atoms with Crippen LogP contribution in [0.3, 0.4) is 0 Å². The molecule has 2 aromatic carbocycles. The fourth-order valence-electron chi connectivity index (χ4n) is 7.75. The van der Waals surface area contributed by atoms with Gasteiger partial charge in [0.25, 0.3) is 0 Å². The Labute approximate surface area is 389 Å². The molecule has 0 bridgehead atoms. The first-order chi connectivity index (χ1) is 30.8. The number of aliphatic carboxylic acids is 2. The first-order valence-corrected chi connectivity index (χ1v) is 23.0. The van der Waals surface area contributed by atoms with E-state index < -0.39 is 19.1 Å². The highest BCUT2D eigenvalue weighted by Crippen LogP contribution is 2.40. The number of unbranched alkanes of at least 4 members (excludes halogenated alkanes) is 1. The summed E-state index contributed by atoms with van der Waals surface area (Å²) in [5.74, 6) is 1.18. The molecule has 16 heteroatoms. The summed E-state index contributed by atoms with van der Waals surface area (Å²) in [5.41, 5.74) is 9.44. The summed E-state index contributed by atoms with van der Waals surface area (Å²) in [7, 11) is -1.50. The average molecular weight is 918 g/mol. The number of hydrogen-bond acceptors (Lipinski definition) is 12. The smallest absolute Gasteiger partial charge is 0.481 e. The number of aromatic nitrogens is 4. The predicted octanol–water partition coefficient (Wildman–Crippen LogP) is 8.64. The van der Waals surface area contributed by atoms with Gasteiger partial charge in [0.1, 0.15) is 18.5 Å². The molecule has 0 atom stereocenters. The summed E-state index contributed by atoms with van der Waals surface area (Å²) < 4.78 is 11.9. The Kier molecular flexibility index (Phi) is 23.0. The molecule has 0 aliphatic heterocycles. The van der Waals surface area contributed by atoms with Gasteiger partial charge in [0, 0.05) is 36.2 Å². The Morgan fingerprint density at radius 1 is 0.708 bits per heavy atom. The molecule has 6 rings (SSSR count). The Hall–Kier alpha value is -4.96. The number of carbonyl (C=O) groups excluding carboxylic acids is 1. The summed E-state index contributed by atoms with van der Waals surface area (Å²) in [6.07, 6.45) is 13.1. The molecule has 2 aromatic heterocycles. The average Bonchev–Trinajstić information content (AvgIpc) is 3.27. The lowest BCUT2D eigenvalue weighted by molar-refractivity contribution is -0.138. The van der Waals surface area contributed by atoms with E-state index in [9.17, 15) is 14.4 Å². The summed E-state index contributed by atoms with van der Waals surface area (Å²) in [6, 6.07) is 21.8. The number of halogens is 1. The molecule has 0 amide bonds. The molecule has 14 nitrogen and oxygen atoms in total. The van der Waals surface area contributed by atoms with Gasteiger partial charge in [-0.05, 0) is 123 Å². The third kappa shape index (κ3) is 21.3. The van der Waals surface area contributed by atoms with E-state index in [1.165, 1.54) is 43.4 Å². The molecule has 65 heavy (non-hydrogen) atoms. The maximum absolute atomic E-state index is 10.6. The number of nitrogens with two attached hydrogens (primary N) is 1. The second-order valence-electron chi connectivity index (χ2n) is 18.8. The van der Waals surface area contributed by atoms with Crippen LogP contribution in [0, 0.1) is 22.7 Å². The fourth-order valence-corrected chi connectivity index (χ4v) is 7.85. The lowest BCUT2D eigenvalue weighted by Crippen LogP contribution is -2.30. The number of carboxylic acids is 2. The minimum Gasteiger partial charge on any atom is -0.481 e. The second-order valence-corrected chi connectivity index (χ2v) is 19.1. The molecule has 2 fully saturated rings. The van der Waals surface area contributed by atoms with Crippen molar-refractivity contribution in [2.24, 2.45) is 28.4 Å². The van der Waals surface area contributed by atoms with Gasteiger partial charge in [0.05, 0.1) is 12.1 Å². The van der Waals surface area contributed by atoms with Crippen LogP contribution in [0.15, 0.2) is 72.8 Å². The van der Waals surface area contributed by atoms with Gasteiger partial charge in [-0.15, -0.1) is 20.4 Å². The number of nitrogens with zero attached hydrogens (tertiary/aromatic N) is 4. The van der Waals surface area contributed by atoms with Crippen molar-refractivity contribution in [2.75, 3.05) is 6.54 Å². The van der Waals surface area contributed by atoms with Crippen molar-refractivity contribution < 1.29 is 44.1 Å². The van der Waals surface area contributed by atoms with E-state index in [1.54, 1.807) is 24.3 Å². The lowest BCUT2D eigenvalue weighted by Gasteiger charge is -2.36. The van der Waals surface area contributed by atoms with Gasteiger partial charge >= 0.3 is 19.1 Å². The molecule has 354 valence electrons. The minimum atomic E-state index is -1.50. The van der Waals surface area contributed by atoms with Crippen LogP contribution in [0.25, 0.3) is 11.3 Å². The van der Waals surface area contributed by atoms with Gasteiger partial charge in [-0.25, -0.2) is 0 Å². The summed E-state index contributed by atoms with van der Waals surface area (Å²) in [4.78, 5) is 30.4. The number of rotatable bonds is 14. The number of carbonyl (C=O) groups is 3. The van der Waals surface area contributed by atoms with E-state index in [4.69, 9.17) is 47.1 Å². The molecule has 6 N–H and O–H groups in total. The van der Waals surface area contributed by atoms with Crippen molar-refractivity contribution in [3.05, 3.63) is 89.1 Å². The van der Waals surface area contributed by atoms with Gasteiger partial charge in [-0.1, -0.05) is 95.6 Å². The highest BCUT2D eigenvalue weighted by molar-refractivity contribution is 6.58. The Morgan fingerprint density at radius 3 is 1.68 bits per heavy atom. The van der Waals surface area contributed by atoms with Crippen molar-refractivity contribution >= 4 is 42.4 Å². The molecule has 2 heterocycles. The first kappa shape index (κ1) is 54.4. The molecule has 0 spiro atoms. The molecule has 4 aromatic rings. The fraction of sp³-hybridized carbons (Fsp3) is 0.531. The van der Waals surface area contributed by atoms with E-state index in [-0.39, 0.29) is 31.6 Å². The number of carboxylic acid groups (broad SMARTS) is 2. The molecule has 2 aliphatic carbocycles. The van der Waals surface area contributed by atoms with Crippen LogP contribution in [-0.4, -0.2) is 84.8 Å². The minimum absolute atomic E-state index is 0.0694. The highest BCUT2D eigenvalue weighted by atomic mass is 35.5. The SMILES string of the molecule is CC(C)(C)C1CCC(Oc2ccc(-c3cccc(CCCCC(=O)O)c3)nn2)CC1.CC(C)(C)C1CCC(Oc2ccc(Cl)nn2)CC1.NCCC(=O)O.O=Cc1cccc(B(O)O)c1. The van der Waals surface area contributed by atoms with Gasteiger partial charge in [0.15, 0.2) is 5.15 Å². The zero-order valence-electron chi connectivity index (χ0n) is 38.9. The van der Waals surface area contributed by atoms with Gasteiger partial charge in [0.2, 0.25) is 11.8 Å². The summed E-state index contributed by atoms with van der Waals surface area (Å²) in [5, 5.41) is 50.8. The zero-order chi connectivity index (χ0) is 48.0. The van der Waals surface area contributed by atoms with Gasteiger partial charge in [-0.3, -0.25) is 14.4 Å². The standard InChI is InChI=1S/C25H34N2O3.C14H21ClN2O.C7H7BO3.C3H7NO2/c1-25(2,3)20-11-13-21(14-12-20)30-23-16-15-22(26-27-23)19-9-6-8-18(17-19)7-4-5-10-24(28)29;1-14(2,3)10-4-6-11(7-5-10)18-13-9-8-12(15)16-17-13;9-5-6-2-1-3-7(4-6)8(10)11;4-2-1-3(5)6/h6,8-9,15-17,20-21H,4-5,7,10-14H2,1-3H3,(H,28,29);8-11H,4-7H2,1-3H3;1-5,10-11H;1-2,4H2,(H,5,6). The van der Waals surface area contributed by atoms with E-state index in [2.05, 4.69) is 74.1 Å². The van der Waals surface area contributed by atoms with E-state index in [1.807, 2.05) is 24.3 Å². The van der Waals surface area contributed by atoms with Crippen molar-refractivity contribution in [3.63, 3.8) is 0 Å². The monoisotopic (exact) mass is 917 g/mol. The molecule has 2 aliphatic rings. The highest BCUT2D eigenvalue weighted by Gasteiger charge is 2.31. The van der Waals surface area contributed by atoms with Gasteiger partial charge < -0.3 is 35.5 Å². The molecule has 0 unspecified atom stereocenters. The van der Waals surface area contributed by atoms with E-state index in [0.29, 0.717) is 51.5 Å². The number of aldehydes is 1. The van der Waals surface area contributed by atoms with Crippen LogP contribution in [0.4, 0.5) is 0 Å². The Bertz CT molecular complexity index is 2010. The molecule has 0 saturated heterocycles. The normalized spacial score (nSPS) is 18.2. The zero-order valence-corrected chi connectivity index (χ0v) is 39.6. The molecular formula is C49H69BClN5O9. The molecular weight excluding hydrogens is 849 g/mol. The van der Waals surface area contributed by atoms with Crippen LogP contribution in [0.5, 0.6) is 11.8 Å². The van der Waals surface area contributed by atoms with Crippen LogP contribution in [0.2, 0.25) is 5.15 Å². The lowest BCUT2D eigenvalue weighted by atomic mass is 9.72. The van der Waals surface area contributed by atoms with Crippen LogP contribution in [-0.2, 0) is 16.0 Å². The van der Waals surface area contributed by atoms with E-state index in [0.717, 1.165) is 61.6 Å². The maximum Gasteiger partial charge on any atom is 0.488 e. The maximum atomic E-state index is 10.6. The summed E-state index contributed by atoms with van der Waals surface area (Å²) >= 11 is 5.69. The van der Waals surface area contributed by atoms with E-state index >= 15 is 0 Å². The largest absolute Gasteiger partial charge is 0.488 e. The number of ether oxygens (including phenoxy) is 2. The third-order valence-electron chi connectivity index (χ3n) is 11.7.